The van der Waals surface area contributed by atoms with Gasteiger partial charge in [0.2, 0.25) is 0 Å². The van der Waals surface area contributed by atoms with Crippen LogP contribution in [0.4, 0.5) is 14.5 Å². The molecule has 0 aliphatic carbocycles. The average Bonchev–Trinajstić information content (AvgIpc) is 2.75. The van der Waals surface area contributed by atoms with Gasteiger partial charge in [-0.05, 0) is 66.6 Å². The number of hydrogen-bond acceptors (Lipinski definition) is 3. The maximum absolute atomic E-state index is 13.2. The Labute approximate surface area is 172 Å². The van der Waals surface area contributed by atoms with E-state index in [4.69, 9.17) is 4.74 Å². The third-order valence-electron chi connectivity index (χ3n) is 4.30. The number of para-hydroxylation sites is 1. The quantitative estimate of drug-likeness (QED) is 0.433. The molecule has 0 radical (unpaired) electrons. The molecular weight excluding hydrogens is 388 g/mol. The lowest BCUT2D eigenvalue weighted by Crippen LogP contribution is -2.20. The fourth-order valence-corrected chi connectivity index (χ4v) is 2.65. The van der Waals surface area contributed by atoms with Crippen molar-refractivity contribution < 1.29 is 23.1 Å². The van der Waals surface area contributed by atoms with Crippen LogP contribution in [0.3, 0.4) is 0 Å². The second-order valence-corrected chi connectivity index (χ2v) is 6.55. The number of rotatable bonds is 7. The zero-order valence-electron chi connectivity index (χ0n) is 16.2. The van der Waals surface area contributed by atoms with Crippen LogP contribution < -0.4 is 10.1 Å². The summed E-state index contributed by atoms with van der Waals surface area (Å²) in [7, 11) is 0. The van der Waals surface area contributed by atoms with Crippen LogP contribution in [0.1, 0.15) is 21.5 Å². The van der Waals surface area contributed by atoms with Crippen molar-refractivity contribution in [2.75, 3.05) is 11.9 Å². The number of amides is 1. The Balaban J connectivity index is 1.54. The minimum absolute atomic E-state index is 0.169. The van der Waals surface area contributed by atoms with E-state index in [9.17, 15) is 18.4 Å². The third-order valence-corrected chi connectivity index (χ3v) is 4.30. The van der Waals surface area contributed by atoms with E-state index in [1.54, 1.807) is 24.3 Å². The topological polar surface area (TPSA) is 55.4 Å². The van der Waals surface area contributed by atoms with Crippen LogP contribution >= 0.6 is 0 Å². The molecule has 4 nitrogen and oxygen atoms in total. The Kier molecular flexibility index (Phi) is 6.70. The maximum Gasteiger partial charge on any atom is 0.262 e. The SMILES string of the molecule is Cc1ccccc1NC(=O)COc1ccc(C(=O)/C=C/c2ccc(F)c(F)c2)cc1. The van der Waals surface area contributed by atoms with E-state index in [0.29, 0.717) is 16.9 Å². The first-order chi connectivity index (χ1) is 14.4. The maximum atomic E-state index is 13.2. The van der Waals surface area contributed by atoms with Crippen molar-refractivity contribution >= 4 is 23.5 Å². The molecule has 0 aliphatic rings. The van der Waals surface area contributed by atoms with Crippen LogP contribution in [-0.2, 0) is 4.79 Å². The Morgan fingerprint density at radius 1 is 0.967 bits per heavy atom. The number of allylic oxidation sites excluding steroid dienone is 1. The van der Waals surface area contributed by atoms with Crippen molar-refractivity contribution in [3.8, 4) is 5.75 Å². The van der Waals surface area contributed by atoms with Gasteiger partial charge in [0, 0.05) is 11.3 Å². The van der Waals surface area contributed by atoms with E-state index < -0.39 is 11.6 Å². The van der Waals surface area contributed by atoms with Crippen molar-refractivity contribution in [1.82, 2.24) is 0 Å². The lowest BCUT2D eigenvalue weighted by molar-refractivity contribution is -0.118. The zero-order chi connectivity index (χ0) is 21.5. The molecule has 0 saturated heterocycles. The van der Waals surface area contributed by atoms with Crippen molar-refractivity contribution in [2.24, 2.45) is 0 Å². The molecule has 1 amide bonds. The highest BCUT2D eigenvalue weighted by atomic mass is 19.2. The van der Waals surface area contributed by atoms with Gasteiger partial charge in [-0.3, -0.25) is 9.59 Å². The number of aryl methyl sites for hydroxylation is 1. The molecule has 0 unspecified atom stereocenters. The van der Waals surface area contributed by atoms with Crippen molar-refractivity contribution in [1.29, 1.82) is 0 Å². The molecule has 0 spiro atoms. The summed E-state index contributed by atoms with van der Waals surface area (Å²) in [5, 5.41) is 2.77. The Bertz CT molecular complexity index is 1090. The van der Waals surface area contributed by atoms with E-state index in [-0.39, 0.29) is 18.3 Å². The fourth-order valence-electron chi connectivity index (χ4n) is 2.65. The Morgan fingerprint density at radius 2 is 1.70 bits per heavy atom. The van der Waals surface area contributed by atoms with Gasteiger partial charge in [-0.25, -0.2) is 8.78 Å². The number of nitrogens with one attached hydrogen (secondary N) is 1. The lowest BCUT2D eigenvalue weighted by Gasteiger charge is -2.09. The predicted molar refractivity (Wildman–Crippen MR) is 111 cm³/mol. The summed E-state index contributed by atoms with van der Waals surface area (Å²) in [5.74, 6) is -2.07. The number of carbonyl (C=O) groups is 2. The van der Waals surface area contributed by atoms with Gasteiger partial charge >= 0.3 is 0 Å². The molecule has 6 heteroatoms. The summed E-state index contributed by atoms with van der Waals surface area (Å²) in [6.45, 7) is 1.73. The normalized spacial score (nSPS) is 10.8. The minimum atomic E-state index is -0.974. The monoisotopic (exact) mass is 407 g/mol. The van der Waals surface area contributed by atoms with E-state index >= 15 is 0 Å². The summed E-state index contributed by atoms with van der Waals surface area (Å²) in [6.07, 6.45) is 2.68. The van der Waals surface area contributed by atoms with E-state index in [0.717, 1.165) is 23.4 Å². The van der Waals surface area contributed by atoms with Crippen LogP contribution in [0.25, 0.3) is 6.08 Å². The second-order valence-electron chi connectivity index (χ2n) is 6.55. The second kappa shape index (κ2) is 9.60. The molecule has 152 valence electrons. The zero-order valence-corrected chi connectivity index (χ0v) is 16.2. The Morgan fingerprint density at radius 3 is 2.40 bits per heavy atom. The van der Waals surface area contributed by atoms with Crippen LogP contribution in [0.2, 0.25) is 0 Å². The fraction of sp³-hybridized carbons (Fsp3) is 0.0833. The predicted octanol–water partition coefficient (Wildman–Crippen LogP) is 5.19. The standard InChI is InChI=1S/C24H19F2NO3/c1-16-4-2-3-5-22(16)27-24(29)15-30-19-10-8-18(9-11-19)23(28)13-7-17-6-12-20(25)21(26)14-17/h2-14H,15H2,1H3,(H,27,29)/b13-7+. The minimum Gasteiger partial charge on any atom is -0.484 e. The summed E-state index contributed by atoms with van der Waals surface area (Å²) in [6, 6.07) is 17.1. The van der Waals surface area contributed by atoms with Crippen LogP contribution in [0.15, 0.2) is 72.8 Å². The first-order valence-corrected chi connectivity index (χ1v) is 9.18. The van der Waals surface area contributed by atoms with Crippen molar-refractivity contribution in [3.63, 3.8) is 0 Å². The number of hydrogen-bond donors (Lipinski definition) is 1. The largest absolute Gasteiger partial charge is 0.484 e. The van der Waals surface area contributed by atoms with Crippen LogP contribution in [0.5, 0.6) is 5.75 Å². The molecule has 3 aromatic rings. The van der Waals surface area contributed by atoms with Gasteiger partial charge in [0.1, 0.15) is 5.75 Å². The molecule has 0 fully saturated rings. The number of ether oxygens (including phenoxy) is 1. The summed E-state index contributed by atoms with van der Waals surface area (Å²) >= 11 is 0. The van der Waals surface area contributed by atoms with Gasteiger partial charge < -0.3 is 10.1 Å². The first-order valence-electron chi connectivity index (χ1n) is 9.18. The summed E-state index contributed by atoms with van der Waals surface area (Å²) in [4.78, 5) is 24.3. The van der Waals surface area contributed by atoms with E-state index in [1.807, 2.05) is 31.2 Å². The molecule has 3 aromatic carbocycles. The molecule has 30 heavy (non-hydrogen) atoms. The van der Waals surface area contributed by atoms with Gasteiger partial charge in [-0.1, -0.05) is 30.3 Å². The average molecular weight is 407 g/mol. The Hall–Kier alpha value is -3.80. The van der Waals surface area contributed by atoms with Gasteiger partial charge in [-0.15, -0.1) is 0 Å². The first kappa shape index (κ1) is 20.9. The van der Waals surface area contributed by atoms with Gasteiger partial charge in [0.05, 0.1) is 0 Å². The summed E-state index contributed by atoms with van der Waals surface area (Å²) < 4.78 is 31.6. The van der Waals surface area contributed by atoms with Crippen molar-refractivity contribution in [2.45, 2.75) is 6.92 Å². The highest BCUT2D eigenvalue weighted by molar-refractivity contribution is 6.06. The molecule has 0 bridgehead atoms. The lowest BCUT2D eigenvalue weighted by atomic mass is 10.1. The molecular formula is C24H19F2NO3. The summed E-state index contributed by atoms with van der Waals surface area (Å²) in [5.41, 5.74) is 2.44. The molecule has 0 aliphatic heterocycles. The highest BCUT2D eigenvalue weighted by Crippen LogP contribution is 2.16. The van der Waals surface area contributed by atoms with Crippen LogP contribution in [0, 0.1) is 18.6 Å². The van der Waals surface area contributed by atoms with Crippen LogP contribution in [-0.4, -0.2) is 18.3 Å². The molecule has 0 aromatic heterocycles. The smallest absolute Gasteiger partial charge is 0.262 e. The number of anilines is 1. The highest BCUT2D eigenvalue weighted by Gasteiger charge is 2.07. The number of benzene rings is 3. The molecule has 0 heterocycles. The molecule has 1 N–H and O–H groups in total. The van der Waals surface area contributed by atoms with E-state index in [1.165, 1.54) is 18.2 Å². The van der Waals surface area contributed by atoms with E-state index in [2.05, 4.69) is 5.32 Å². The molecule has 0 atom stereocenters. The van der Waals surface area contributed by atoms with Gasteiger partial charge in [0.15, 0.2) is 24.0 Å². The number of halogens is 2. The molecule has 0 saturated carbocycles. The third kappa shape index (κ3) is 5.61. The molecule has 3 rings (SSSR count). The van der Waals surface area contributed by atoms with Crippen molar-refractivity contribution in [3.05, 3.63) is 101 Å². The van der Waals surface area contributed by atoms with Gasteiger partial charge in [0.25, 0.3) is 5.91 Å². The number of ketones is 1. The number of carbonyl (C=O) groups excluding carboxylic acids is 2. The van der Waals surface area contributed by atoms with Gasteiger partial charge in [-0.2, -0.15) is 0 Å².